The molecule has 0 unspecified atom stereocenters. The minimum atomic E-state index is -0.459. The quantitative estimate of drug-likeness (QED) is 0.805. The summed E-state index contributed by atoms with van der Waals surface area (Å²) in [4.78, 5) is 11.4. The largest absolute Gasteiger partial charge is 0.341 e. The molecule has 0 fully saturated rings. The van der Waals surface area contributed by atoms with Crippen LogP contribution in [0.2, 0.25) is 0 Å². The molecule has 0 saturated heterocycles. The number of hydrogen-bond donors (Lipinski definition) is 1. The molecule has 2 nitrogen and oxygen atoms in total. The zero-order valence-corrected chi connectivity index (χ0v) is 8.77. The second-order valence-electron chi connectivity index (χ2n) is 2.51. The minimum Gasteiger partial charge on any atom is -0.341 e. The minimum absolute atomic E-state index is 0.127. The van der Waals surface area contributed by atoms with E-state index >= 15 is 0 Å². The Labute approximate surface area is 89.6 Å². The first-order valence-electron chi connectivity index (χ1n) is 3.82. The standard InChI is InChI=1S/C10H7BrFNO/c1-2-5-13-10(14)8-6-7(12)3-4-9(8)11/h1,3-4,6H,5H2,(H,13,14). The van der Waals surface area contributed by atoms with E-state index in [4.69, 9.17) is 6.42 Å². The second kappa shape index (κ2) is 4.77. The predicted octanol–water partition coefficient (Wildman–Crippen LogP) is 1.95. The number of nitrogens with one attached hydrogen (secondary N) is 1. The van der Waals surface area contributed by atoms with Gasteiger partial charge in [-0.25, -0.2) is 4.39 Å². The third-order valence-corrected chi connectivity index (χ3v) is 2.22. The molecule has 0 spiro atoms. The van der Waals surface area contributed by atoms with Crippen molar-refractivity contribution in [2.45, 2.75) is 0 Å². The Kier molecular flexibility index (Phi) is 3.66. The molecule has 4 heteroatoms. The van der Waals surface area contributed by atoms with Crippen molar-refractivity contribution in [2.75, 3.05) is 6.54 Å². The summed E-state index contributed by atoms with van der Waals surface area (Å²) in [5.74, 6) is 1.41. The Hall–Kier alpha value is -1.34. The van der Waals surface area contributed by atoms with Gasteiger partial charge in [0.05, 0.1) is 12.1 Å². The van der Waals surface area contributed by atoms with E-state index in [1.165, 1.54) is 12.1 Å². The normalized spacial score (nSPS) is 9.21. The maximum atomic E-state index is 12.8. The van der Waals surface area contributed by atoms with Crippen LogP contribution in [0.25, 0.3) is 0 Å². The lowest BCUT2D eigenvalue weighted by Crippen LogP contribution is -2.23. The maximum Gasteiger partial charge on any atom is 0.253 e. The van der Waals surface area contributed by atoms with Gasteiger partial charge in [-0.05, 0) is 34.1 Å². The third kappa shape index (κ3) is 2.57. The summed E-state index contributed by atoms with van der Waals surface area (Å²) >= 11 is 3.14. The Balaban J connectivity index is 2.90. The van der Waals surface area contributed by atoms with E-state index in [1.54, 1.807) is 0 Å². The van der Waals surface area contributed by atoms with Crippen molar-refractivity contribution in [1.82, 2.24) is 5.32 Å². The number of terminal acetylenes is 1. The molecule has 1 rings (SSSR count). The number of rotatable bonds is 2. The van der Waals surface area contributed by atoms with Gasteiger partial charge in [0.1, 0.15) is 5.82 Å². The summed E-state index contributed by atoms with van der Waals surface area (Å²) in [6.45, 7) is 0.127. The summed E-state index contributed by atoms with van der Waals surface area (Å²) in [6.07, 6.45) is 4.97. The summed E-state index contributed by atoms with van der Waals surface area (Å²) in [7, 11) is 0. The number of halogens is 2. The maximum absolute atomic E-state index is 12.8. The number of carbonyl (C=O) groups excluding carboxylic acids is 1. The first kappa shape index (κ1) is 10.7. The molecule has 14 heavy (non-hydrogen) atoms. The third-order valence-electron chi connectivity index (χ3n) is 1.52. The van der Waals surface area contributed by atoms with Crippen LogP contribution in [-0.2, 0) is 0 Å². The van der Waals surface area contributed by atoms with Crippen LogP contribution in [0, 0.1) is 18.2 Å². The average Bonchev–Trinajstić information content (AvgIpc) is 2.18. The number of carbonyl (C=O) groups is 1. The van der Waals surface area contributed by atoms with E-state index in [-0.39, 0.29) is 12.1 Å². The lowest BCUT2D eigenvalue weighted by atomic mass is 10.2. The SMILES string of the molecule is C#CCNC(=O)c1cc(F)ccc1Br. The molecule has 0 aliphatic heterocycles. The van der Waals surface area contributed by atoms with Gasteiger partial charge in [-0.15, -0.1) is 6.42 Å². The van der Waals surface area contributed by atoms with Crippen molar-refractivity contribution in [3.8, 4) is 12.3 Å². The van der Waals surface area contributed by atoms with Crippen LogP contribution < -0.4 is 5.32 Å². The molecule has 0 aromatic heterocycles. The fraction of sp³-hybridized carbons (Fsp3) is 0.100. The van der Waals surface area contributed by atoms with Gasteiger partial charge >= 0.3 is 0 Å². The molecule has 0 aliphatic rings. The van der Waals surface area contributed by atoms with Gasteiger partial charge in [0.2, 0.25) is 0 Å². The Bertz CT molecular complexity index is 398. The van der Waals surface area contributed by atoms with E-state index < -0.39 is 11.7 Å². The van der Waals surface area contributed by atoms with Crippen molar-refractivity contribution < 1.29 is 9.18 Å². The highest BCUT2D eigenvalue weighted by molar-refractivity contribution is 9.10. The van der Waals surface area contributed by atoms with Crippen LogP contribution >= 0.6 is 15.9 Å². The Morgan fingerprint density at radius 3 is 3.00 bits per heavy atom. The van der Waals surface area contributed by atoms with Gasteiger partial charge in [0.15, 0.2) is 0 Å². The van der Waals surface area contributed by atoms with Gasteiger partial charge in [0.25, 0.3) is 5.91 Å². The lowest BCUT2D eigenvalue weighted by molar-refractivity contribution is 0.0957. The van der Waals surface area contributed by atoms with Gasteiger partial charge in [-0.3, -0.25) is 4.79 Å². The van der Waals surface area contributed by atoms with Crippen molar-refractivity contribution in [3.05, 3.63) is 34.1 Å². The highest BCUT2D eigenvalue weighted by atomic mass is 79.9. The van der Waals surface area contributed by atoms with Gasteiger partial charge in [-0.2, -0.15) is 0 Å². The summed E-state index contributed by atoms with van der Waals surface area (Å²) in [6, 6.07) is 3.89. The summed E-state index contributed by atoms with van der Waals surface area (Å²) in [5.41, 5.74) is 0.236. The predicted molar refractivity (Wildman–Crippen MR) is 55.3 cm³/mol. The zero-order chi connectivity index (χ0) is 10.6. The molecule has 0 bridgehead atoms. The van der Waals surface area contributed by atoms with Gasteiger partial charge < -0.3 is 5.32 Å². The Morgan fingerprint density at radius 1 is 1.64 bits per heavy atom. The van der Waals surface area contributed by atoms with Crippen molar-refractivity contribution in [1.29, 1.82) is 0 Å². The highest BCUT2D eigenvalue weighted by Crippen LogP contribution is 2.17. The van der Waals surface area contributed by atoms with Crippen LogP contribution in [0.5, 0.6) is 0 Å². The molecule has 1 aromatic rings. The van der Waals surface area contributed by atoms with Crippen LogP contribution in [0.4, 0.5) is 4.39 Å². The smallest absolute Gasteiger partial charge is 0.253 e. The fourth-order valence-electron chi connectivity index (χ4n) is 0.898. The van der Waals surface area contributed by atoms with Crippen molar-refractivity contribution in [3.63, 3.8) is 0 Å². The number of hydrogen-bond acceptors (Lipinski definition) is 1. The molecule has 0 heterocycles. The van der Waals surface area contributed by atoms with Crippen LogP contribution in [0.15, 0.2) is 22.7 Å². The molecular formula is C10H7BrFNO. The molecule has 72 valence electrons. The van der Waals surface area contributed by atoms with Crippen molar-refractivity contribution >= 4 is 21.8 Å². The topological polar surface area (TPSA) is 29.1 Å². The van der Waals surface area contributed by atoms with E-state index in [0.29, 0.717) is 4.47 Å². The van der Waals surface area contributed by atoms with Gasteiger partial charge in [0, 0.05) is 4.47 Å². The second-order valence-corrected chi connectivity index (χ2v) is 3.37. The average molecular weight is 256 g/mol. The molecular weight excluding hydrogens is 249 g/mol. The summed E-state index contributed by atoms with van der Waals surface area (Å²) < 4.78 is 13.3. The molecule has 0 aliphatic carbocycles. The fourth-order valence-corrected chi connectivity index (χ4v) is 1.32. The molecule has 0 saturated carbocycles. The van der Waals surface area contributed by atoms with E-state index in [2.05, 4.69) is 27.2 Å². The number of benzene rings is 1. The Morgan fingerprint density at radius 2 is 2.36 bits per heavy atom. The molecule has 0 radical (unpaired) electrons. The highest BCUT2D eigenvalue weighted by Gasteiger charge is 2.09. The molecule has 1 N–H and O–H groups in total. The van der Waals surface area contributed by atoms with E-state index in [0.717, 1.165) is 6.07 Å². The molecule has 1 aromatic carbocycles. The van der Waals surface area contributed by atoms with Crippen LogP contribution in [0.3, 0.4) is 0 Å². The monoisotopic (exact) mass is 255 g/mol. The first-order valence-corrected chi connectivity index (χ1v) is 4.61. The number of amides is 1. The zero-order valence-electron chi connectivity index (χ0n) is 7.18. The van der Waals surface area contributed by atoms with E-state index in [9.17, 15) is 9.18 Å². The van der Waals surface area contributed by atoms with Crippen molar-refractivity contribution in [2.24, 2.45) is 0 Å². The van der Waals surface area contributed by atoms with Crippen LogP contribution in [-0.4, -0.2) is 12.5 Å². The first-order chi connectivity index (χ1) is 6.65. The van der Waals surface area contributed by atoms with Gasteiger partial charge in [-0.1, -0.05) is 5.92 Å². The lowest BCUT2D eigenvalue weighted by Gasteiger charge is -2.03. The molecule has 1 amide bonds. The summed E-state index contributed by atoms with van der Waals surface area (Å²) in [5, 5.41) is 2.44. The van der Waals surface area contributed by atoms with E-state index in [1.807, 2.05) is 0 Å². The molecule has 0 atom stereocenters. The van der Waals surface area contributed by atoms with Crippen LogP contribution in [0.1, 0.15) is 10.4 Å².